The molecule has 0 saturated heterocycles. The molecule has 1 saturated carbocycles. The largest absolute Gasteiger partial charge is 0.337 e. The predicted molar refractivity (Wildman–Crippen MR) is 60.9 cm³/mol. The van der Waals surface area contributed by atoms with Crippen LogP contribution in [-0.2, 0) is 4.79 Å². The van der Waals surface area contributed by atoms with Gasteiger partial charge < -0.3 is 4.52 Å². The van der Waals surface area contributed by atoms with E-state index in [0.717, 1.165) is 12.8 Å². The van der Waals surface area contributed by atoms with E-state index >= 15 is 0 Å². The minimum Gasteiger partial charge on any atom is -0.337 e. The molecule has 2 aliphatic rings. The number of amides is 1. The maximum atomic E-state index is 11.9. The predicted octanol–water partition coefficient (Wildman–Crippen LogP) is 1.27. The molecule has 6 heteroatoms. The van der Waals surface area contributed by atoms with Crippen LogP contribution in [0, 0.1) is 0 Å². The zero-order chi connectivity index (χ0) is 11.8. The van der Waals surface area contributed by atoms with E-state index in [2.05, 4.69) is 21.7 Å². The summed E-state index contributed by atoms with van der Waals surface area (Å²) in [5, 5.41) is 3.81. The summed E-state index contributed by atoms with van der Waals surface area (Å²) in [5.41, 5.74) is 0. The van der Waals surface area contributed by atoms with Crippen molar-refractivity contribution in [3.63, 3.8) is 0 Å². The number of hydrogen-bond donors (Lipinski definition) is 0. The number of aromatic nitrogens is 2. The zero-order valence-corrected chi connectivity index (χ0v) is 9.24. The average molecular weight is 232 g/mol. The van der Waals surface area contributed by atoms with Crippen LogP contribution >= 0.6 is 0 Å². The molecule has 1 aliphatic heterocycles. The van der Waals surface area contributed by atoms with Crippen LogP contribution in [0.4, 0.5) is 5.95 Å². The van der Waals surface area contributed by atoms with Gasteiger partial charge in [0.2, 0.25) is 5.89 Å². The molecule has 1 fully saturated rings. The van der Waals surface area contributed by atoms with Crippen LogP contribution in [0.1, 0.15) is 31.1 Å². The minimum atomic E-state index is -0.393. The second kappa shape index (κ2) is 3.80. The number of nitrogens with zero attached hydrogens (tertiary/aromatic N) is 4. The fraction of sp³-hybridized carbons (Fsp3) is 0.455. The molecule has 1 aromatic rings. The van der Waals surface area contributed by atoms with Crippen molar-refractivity contribution in [1.82, 2.24) is 10.1 Å². The van der Waals surface area contributed by atoms with Crippen LogP contribution in [0.5, 0.6) is 0 Å². The summed E-state index contributed by atoms with van der Waals surface area (Å²) >= 11 is 0. The highest BCUT2D eigenvalue weighted by atomic mass is 16.5. The van der Waals surface area contributed by atoms with Gasteiger partial charge in [-0.1, -0.05) is 6.08 Å². The first-order valence-corrected chi connectivity index (χ1v) is 5.60. The molecule has 0 aromatic carbocycles. The van der Waals surface area contributed by atoms with Crippen molar-refractivity contribution >= 4 is 18.2 Å². The Hall–Kier alpha value is -1.98. The van der Waals surface area contributed by atoms with Crippen LogP contribution in [0.15, 0.2) is 22.2 Å². The molecule has 1 amide bonds. The SMILES string of the molecule is C=CCC1N=CN(c2noc(C3CC3)n2)C1=O. The maximum absolute atomic E-state index is 11.9. The second-order valence-electron chi connectivity index (χ2n) is 4.22. The van der Waals surface area contributed by atoms with Gasteiger partial charge in [0.15, 0.2) is 0 Å². The Bertz CT molecular complexity index is 489. The molecular weight excluding hydrogens is 220 g/mol. The van der Waals surface area contributed by atoms with Crippen LogP contribution in [0.2, 0.25) is 0 Å². The molecule has 17 heavy (non-hydrogen) atoms. The number of aliphatic imine (C=N–C) groups is 1. The third-order valence-corrected chi connectivity index (χ3v) is 2.85. The molecule has 1 aromatic heterocycles. The summed E-state index contributed by atoms with van der Waals surface area (Å²) < 4.78 is 5.11. The van der Waals surface area contributed by atoms with E-state index in [4.69, 9.17) is 4.52 Å². The Balaban J connectivity index is 1.77. The molecular formula is C11H12N4O2. The Morgan fingerprint density at radius 3 is 3.12 bits per heavy atom. The van der Waals surface area contributed by atoms with Gasteiger partial charge in [0.25, 0.3) is 11.9 Å². The molecule has 0 N–H and O–H groups in total. The van der Waals surface area contributed by atoms with Gasteiger partial charge in [-0.25, -0.2) is 4.90 Å². The molecule has 1 aliphatic carbocycles. The van der Waals surface area contributed by atoms with E-state index in [1.54, 1.807) is 6.08 Å². The molecule has 6 nitrogen and oxygen atoms in total. The van der Waals surface area contributed by atoms with Crippen molar-refractivity contribution in [1.29, 1.82) is 0 Å². The van der Waals surface area contributed by atoms with Gasteiger partial charge in [0.05, 0.1) is 0 Å². The maximum Gasteiger partial charge on any atom is 0.278 e. The Kier molecular flexibility index (Phi) is 2.28. The smallest absolute Gasteiger partial charge is 0.278 e. The lowest BCUT2D eigenvalue weighted by Gasteiger charge is -2.07. The van der Waals surface area contributed by atoms with Crippen molar-refractivity contribution < 1.29 is 9.32 Å². The molecule has 2 heterocycles. The Morgan fingerprint density at radius 1 is 1.59 bits per heavy atom. The highest BCUT2D eigenvalue weighted by Crippen LogP contribution is 2.39. The molecule has 88 valence electrons. The zero-order valence-electron chi connectivity index (χ0n) is 9.24. The van der Waals surface area contributed by atoms with Gasteiger partial charge >= 0.3 is 0 Å². The number of hydrogen-bond acceptors (Lipinski definition) is 5. The van der Waals surface area contributed by atoms with Crippen LogP contribution in [0.25, 0.3) is 0 Å². The number of carbonyl (C=O) groups is 1. The summed E-state index contributed by atoms with van der Waals surface area (Å²) in [7, 11) is 0. The number of rotatable bonds is 4. The number of anilines is 1. The standard InChI is InChI=1S/C11H12N4O2/c1-2-3-8-10(16)15(6-12-8)11-13-9(17-14-11)7-4-5-7/h2,6-8H,1,3-5H2. The molecule has 3 rings (SSSR count). The van der Waals surface area contributed by atoms with E-state index in [1.807, 2.05) is 0 Å². The van der Waals surface area contributed by atoms with Crippen molar-refractivity contribution in [2.45, 2.75) is 31.2 Å². The van der Waals surface area contributed by atoms with Gasteiger partial charge in [-0.2, -0.15) is 4.98 Å². The van der Waals surface area contributed by atoms with Crippen LogP contribution < -0.4 is 4.90 Å². The molecule has 0 radical (unpaired) electrons. The third kappa shape index (κ3) is 1.75. The summed E-state index contributed by atoms with van der Waals surface area (Å²) in [4.78, 5) is 21.6. The monoisotopic (exact) mass is 232 g/mol. The van der Waals surface area contributed by atoms with Crippen molar-refractivity contribution in [3.05, 3.63) is 18.5 Å². The van der Waals surface area contributed by atoms with Crippen molar-refractivity contribution in [2.24, 2.45) is 4.99 Å². The van der Waals surface area contributed by atoms with Gasteiger partial charge in [0.1, 0.15) is 12.4 Å². The lowest BCUT2D eigenvalue weighted by atomic mass is 10.2. The fourth-order valence-electron chi connectivity index (χ4n) is 1.72. The Labute approximate surface area is 98.0 Å². The van der Waals surface area contributed by atoms with Gasteiger partial charge in [-0.15, -0.1) is 6.58 Å². The molecule has 0 spiro atoms. The summed E-state index contributed by atoms with van der Waals surface area (Å²) in [6, 6.07) is -0.393. The first-order chi connectivity index (χ1) is 8.29. The molecule has 1 atom stereocenters. The van der Waals surface area contributed by atoms with E-state index in [-0.39, 0.29) is 11.9 Å². The van der Waals surface area contributed by atoms with Crippen LogP contribution in [-0.4, -0.2) is 28.4 Å². The molecule has 1 unspecified atom stereocenters. The van der Waals surface area contributed by atoms with Crippen molar-refractivity contribution in [2.75, 3.05) is 4.90 Å². The van der Waals surface area contributed by atoms with Gasteiger partial charge in [-0.3, -0.25) is 9.79 Å². The Morgan fingerprint density at radius 2 is 2.41 bits per heavy atom. The summed E-state index contributed by atoms with van der Waals surface area (Å²) in [6.07, 6.45) is 5.83. The average Bonchev–Trinajstić information content (AvgIpc) is 2.96. The topological polar surface area (TPSA) is 71.6 Å². The first-order valence-electron chi connectivity index (χ1n) is 5.60. The number of carbonyl (C=O) groups excluding carboxylic acids is 1. The lowest BCUT2D eigenvalue weighted by molar-refractivity contribution is -0.118. The minimum absolute atomic E-state index is 0.131. The van der Waals surface area contributed by atoms with Gasteiger partial charge in [-0.05, 0) is 24.4 Å². The van der Waals surface area contributed by atoms with Gasteiger partial charge in [0, 0.05) is 5.92 Å². The summed E-state index contributed by atoms with van der Waals surface area (Å²) in [5.74, 6) is 1.16. The van der Waals surface area contributed by atoms with E-state index in [9.17, 15) is 4.79 Å². The van der Waals surface area contributed by atoms with E-state index in [0.29, 0.717) is 18.2 Å². The fourth-order valence-corrected chi connectivity index (χ4v) is 1.72. The third-order valence-electron chi connectivity index (χ3n) is 2.85. The van der Waals surface area contributed by atoms with Crippen molar-refractivity contribution in [3.8, 4) is 0 Å². The molecule has 0 bridgehead atoms. The van der Waals surface area contributed by atoms with E-state index < -0.39 is 6.04 Å². The first kappa shape index (κ1) is 10.2. The van der Waals surface area contributed by atoms with E-state index in [1.165, 1.54) is 11.2 Å². The summed E-state index contributed by atoms with van der Waals surface area (Å²) in [6.45, 7) is 3.60. The second-order valence-corrected chi connectivity index (χ2v) is 4.22. The normalized spacial score (nSPS) is 23.4. The quantitative estimate of drug-likeness (QED) is 0.733. The highest BCUT2D eigenvalue weighted by Gasteiger charge is 2.34. The van der Waals surface area contributed by atoms with Crippen LogP contribution in [0.3, 0.4) is 0 Å². The highest BCUT2D eigenvalue weighted by molar-refractivity contribution is 6.13. The lowest BCUT2D eigenvalue weighted by Crippen LogP contribution is -2.31.